The fourth-order valence-corrected chi connectivity index (χ4v) is 0.932. The predicted octanol–water partition coefficient (Wildman–Crippen LogP) is 0.268. The molecule has 0 fully saturated rings. The van der Waals surface area contributed by atoms with Crippen molar-refractivity contribution in [1.29, 1.82) is 0 Å². The number of hydrogen-bond donors (Lipinski definition) is 2. The average molecular weight is 188 g/mol. The molecule has 0 aliphatic heterocycles. The maximum atomic E-state index is 10.4. The number of unbranched alkanes of at least 4 members (excludes halogenated alkanes) is 1. The average Bonchev–Trinajstić information content (AvgIpc) is 2.09. The lowest BCUT2D eigenvalue weighted by Crippen LogP contribution is -2.19. The lowest BCUT2D eigenvalue weighted by atomic mass is 10.3. The first-order valence-corrected chi connectivity index (χ1v) is 4.81. The standard InChI is InChI=1S/C9H20N2O2/c1-9(12)13-8-4-7-11-6-3-2-5-10/h11H,2-8,10H2,1H3. The van der Waals surface area contributed by atoms with Crippen molar-refractivity contribution in [3.63, 3.8) is 0 Å². The Morgan fingerprint density at radius 3 is 2.62 bits per heavy atom. The van der Waals surface area contributed by atoms with E-state index in [9.17, 15) is 4.79 Å². The molecule has 0 radical (unpaired) electrons. The first-order valence-electron chi connectivity index (χ1n) is 4.81. The Morgan fingerprint density at radius 1 is 1.31 bits per heavy atom. The molecular formula is C9H20N2O2. The van der Waals surface area contributed by atoms with Gasteiger partial charge in [0.15, 0.2) is 0 Å². The molecule has 0 spiro atoms. The van der Waals surface area contributed by atoms with Crippen LogP contribution in [0.1, 0.15) is 26.2 Å². The van der Waals surface area contributed by atoms with Crippen LogP contribution in [0.4, 0.5) is 0 Å². The molecule has 13 heavy (non-hydrogen) atoms. The summed E-state index contributed by atoms with van der Waals surface area (Å²) in [6.07, 6.45) is 3.06. The number of carbonyl (C=O) groups is 1. The summed E-state index contributed by atoms with van der Waals surface area (Å²) < 4.78 is 4.77. The number of carbonyl (C=O) groups excluding carboxylic acids is 1. The molecule has 0 aliphatic carbocycles. The lowest BCUT2D eigenvalue weighted by molar-refractivity contribution is -0.141. The van der Waals surface area contributed by atoms with Crippen LogP contribution in [0.15, 0.2) is 0 Å². The summed E-state index contributed by atoms with van der Waals surface area (Å²) in [5, 5.41) is 3.25. The summed E-state index contributed by atoms with van der Waals surface area (Å²) in [5.74, 6) is -0.205. The van der Waals surface area contributed by atoms with E-state index in [1.807, 2.05) is 0 Å². The second-order valence-electron chi connectivity index (χ2n) is 2.94. The van der Waals surface area contributed by atoms with E-state index in [4.69, 9.17) is 10.5 Å². The summed E-state index contributed by atoms with van der Waals surface area (Å²) in [6.45, 7) is 4.60. The summed E-state index contributed by atoms with van der Waals surface area (Å²) in [4.78, 5) is 10.4. The van der Waals surface area contributed by atoms with Crippen molar-refractivity contribution in [1.82, 2.24) is 5.32 Å². The van der Waals surface area contributed by atoms with Gasteiger partial charge in [-0.1, -0.05) is 0 Å². The van der Waals surface area contributed by atoms with E-state index in [2.05, 4.69) is 5.32 Å². The first kappa shape index (κ1) is 12.4. The molecule has 4 heteroatoms. The zero-order valence-electron chi connectivity index (χ0n) is 8.34. The van der Waals surface area contributed by atoms with Crippen molar-refractivity contribution in [2.45, 2.75) is 26.2 Å². The van der Waals surface area contributed by atoms with Gasteiger partial charge in [0.2, 0.25) is 0 Å². The minimum atomic E-state index is -0.205. The number of hydrogen-bond acceptors (Lipinski definition) is 4. The molecule has 3 N–H and O–H groups in total. The van der Waals surface area contributed by atoms with Gasteiger partial charge in [0.25, 0.3) is 0 Å². The molecule has 0 aromatic rings. The van der Waals surface area contributed by atoms with E-state index < -0.39 is 0 Å². The number of nitrogens with one attached hydrogen (secondary N) is 1. The Balaban J connectivity index is 2.87. The van der Waals surface area contributed by atoms with Crippen LogP contribution in [0.25, 0.3) is 0 Å². The Kier molecular flexibility index (Phi) is 9.03. The van der Waals surface area contributed by atoms with Gasteiger partial charge in [-0.2, -0.15) is 0 Å². The van der Waals surface area contributed by atoms with Gasteiger partial charge in [0, 0.05) is 6.92 Å². The molecule has 0 saturated heterocycles. The van der Waals surface area contributed by atoms with Crippen LogP contribution >= 0.6 is 0 Å². The van der Waals surface area contributed by atoms with E-state index in [0.29, 0.717) is 6.61 Å². The van der Waals surface area contributed by atoms with Crippen molar-refractivity contribution in [2.24, 2.45) is 5.73 Å². The van der Waals surface area contributed by atoms with Crippen molar-refractivity contribution >= 4 is 5.97 Å². The highest BCUT2D eigenvalue weighted by Gasteiger charge is 1.92. The van der Waals surface area contributed by atoms with Gasteiger partial charge >= 0.3 is 5.97 Å². The number of rotatable bonds is 8. The lowest BCUT2D eigenvalue weighted by Gasteiger charge is -2.04. The summed E-state index contributed by atoms with van der Waals surface area (Å²) in [6, 6.07) is 0. The molecule has 0 rings (SSSR count). The number of esters is 1. The fraction of sp³-hybridized carbons (Fsp3) is 0.889. The molecular weight excluding hydrogens is 168 g/mol. The molecule has 0 atom stereocenters. The summed E-state index contributed by atoms with van der Waals surface area (Å²) in [7, 11) is 0. The molecule has 0 unspecified atom stereocenters. The van der Waals surface area contributed by atoms with Crippen LogP contribution in [0.3, 0.4) is 0 Å². The van der Waals surface area contributed by atoms with Crippen LogP contribution < -0.4 is 11.1 Å². The van der Waals surface area contributed by atoms with Crippen LogP contribution in [-0.4, -0.2) is 32.2 Å². The number of ether oxygens (including phenoxy) is 1. The Hall–Kier alpha value is -0.610. The molecule has 0 aliphatic rings. The van der Waals surface area contributed by atoms with Crippen LogP contribution in [0.2, 0.25) is 0 Å². The number of nitrogens with two attached hydrogens (primary N) is 1. The predicted molar refractivity (Wildman–Crippen MR) is 52.4 cm³/mol. The highest BCUT2D eigenvalue weighted by molar-refractivity contribution is 5.65. The van der Waals surface area contributed by atoms with E-state index in [1.54, 1.807) is 0 Å². The van der Waals surface area contributed by atoms with Crippen LogP contribution in [0.5, 0.6) is 0 Å². The molecule has 0 aromatic heterocycles. The molecule has 0 bridgehead atoms. The molecule has 0 heterocycles. The Labute approximate surface area is 79.8 Å². The van der Waals surface area contributed by atoms with Crippen molar-refractivity contribution in [2.75, 3.05) is 26.2 Å². The second-order valence-corrected chi connectivity index (χ2v) is 2.94. The highest BCUT2D eigenvalue weighted by Crippen LogP contribution is 1.84. The van der Waals surface area contributed by atoms with Crippen molar-refractivity contribution < 1.29 is 9.53 Å². The smallest absolute Gasteiger partial charge is 0.302 e. The topological polar surface area (TPSA) is 64.3 Å². The zero-order valence-corrected chi connectivity index (χ0v) is 8.34. The molecule has 0 saturated carbocycles. The van der Waals surface area contributed by atoms with E-state index >= 15 is 0 Å². The zero-order chi connectivity index (χ0) is 9.94. The minimum absolute atomic E-state index is 0.205. The van der Waals surface area contributed by atoms with E-state index in [-0.39, 0.29) is 5.97 Å². The first-order chi connectivity index (χ1) is 6.27. The third-order valence-electron chi connectivity index (χ3n) is 1.61. The second kappa shape index (κ2) is 9.48. The maximum Gasteiger partial charge on any atom is 0.302 e. The van der Waals surface area contributed by atoms with Crippen molar-refractivity contribution in [3.8, 4) is 0 Å². The van der Waals surface area contributed by atoms with E-state index in [1.165, 1.54) is 6.92 Å². The molecule has 4 nitrogen and oxygen atoms in total. The molecule has 0 amide bonds. The summed E-state index contributed by atoms with van der Waals surface area (Å²) >= 11 is 0. The highest BCUT2D eigenvalue weighted by atomic mass is 16.5. The fourth-order valence-electron chi connectivity index (χ4n) is 0.932. The normalized spacial score (nSPS) is 10.0. The monoisotopic (exact) mass is 188 g/mol. The minimum Gasteiger partial charge on any atom is -0.466 e. The van der Waals surface area contributed by atoms with E-state index in [0.717, 1.165) is 38.9 Å². The largest absolute Gasteiger partial charge is 0.466 e. The SMILES string of the molecule is CC(=O)OCCCNCCCCN. The van der Waals surface area contributed by atoms with Crippen LogP contribution in [-0.2, 0) is 9.53 Å². The van der Waals surface area contributed by atoms with Gasteiger partial charge in [0.1, 0.15) is 0 Å². The third-order valence-corrected chi connectivity index (χ3v) is 1.61. The van der Waals surface area contributed by atoms with Gasteiger partial charge in [-0.25, -0.2) is 0 Å². The quantitative estimate of drug-likeness (QED) is 0.424. The van der Waals surface area contributed by atoms with Gasteiger partial charge in [-0.15, -0.1) is 0 Å². The Morgan fingerprint density at radius 2 is 2.00 bits per heavy atom. The third kappa shape index (κ3) is 11.4. The maximum absolute atomic E-state index is 10.4. The van der Waals surface area contributed by atoms with Crippen molar-refractivity contribution in [3.05, 3.63) is 0 Å². The summed E-state index contributed by atoms with van der Waals surface area (Å²) in [5.41, 5.74) is 5.34. The van der Waals surface area contributed by atoms with Crippen LogP contribution in [0, 0.1) is 0 Å². The Bertz CT molecular complexity index is 129. The van der Waals surface area contributed by atoms with Gasteiger partial charge in [0.05, 0.1) is 6.61 Å². The van der Waals surface area contributed by atoms with Gasteiger partial charge in [-0.3, -0.25) is 4.79 Å². The van der Waals surface area contributed by atoms with Gasteiger partial charge < -0.3 is 15.8 Å². The van der Waals surface area contributed by atoms with Gasteiger partial charge in [-0.05, 0) is 38.9 Å². The molecule has 0 aromatic carbocycles. The molecule has 78 valence electrons.